The first-order valence-electron chi connectivity index (χ1n) is 7.49. The Morgan fingerprint density at radius 3 is 2.59 bits per heavy atom. The SMILES string of the molecule is COc1cc(Br)c(CN2CCC3(CCNC3)C2)cc1OC.Cl. The lowest BCUT2D eigenvalue weighted by atomic mass is 9.86. The van der Waals surface area contributed by atoms with Crippen LogP contribution in [0.25, 0.3) is 0 Å². The molecular weight excluding hydrogens is 368 g/mol. The molecule has 0 aromatic heterocycles. The molecule has 0 amide bonds. The number of hydrogen-bond donors (Lipinski definition) is 1. The molecule has 6 heteroatoms. The Hall–Kier alpha value is -0.490. The number of nitrogens with zero attached hydrogens (tertiary/aromatic N) is 1. The summed E-state index contributed by atoms with van der Waals surface area (Å²) < 4.78 is 11.8. The van der Waals surface area contributed by atoms with Crippen molar-refractivity contribution in [3.05, 3.63) is 22.2 Å². The molecular formula is C16H24BrClN2O2. The summed E-state index contributed by atoms with van der Waals surface area (Å²) in [7, 11) is 3.35. The number of hydrogen-bond acceptors (Lipinski definition) is 4. The minimum atomic E-state index is 0. The summed E-state index contributed by atoms with van der Waals surface area (Å²) in [6, 6.07) is 4.08. The van der Waals surface area contributed by atoms with Gasteiger partial charge in [-0.2, -0.15) is 0 Å². The lowest BCUT2D eigenvalue weighted by molar-refractivity contribution is 0.267. The van der Waals surface area contributed by atoms with Gasteiger partial charge in [-0.3, -0.25) is 4.90 Å². The van der Waals surface area contributed by atoms with Gasteiger partial charge < -0.3 is 14.8 Å². The van der Waals surface area contributed by atoms with E-state index in [2.05, 4.69) is 32.2 Å². The van der Waals surface area contributed by atoms with E-state index in [0.717, 1.165) is 22.5 Å². The van der Waals surface area contributed by atoms with Crippen LogP contribution in [-0.4, -0.2) is 45.3 Å². The lowest BCUT2D eigenvalue weighted by Gasteiger charge is -2.23. The van der Waals surface area contributed by atoms with Crippen molar-refractivity contribution in [2.75, 3.05) is 40.4 Å². The molecule has 124 valence electrons. The number of benzene rings is 1. The van der Waals surface area contributed by atoms with E-state index < -0.39 is 0 Å². The fraction of sp³-hybridized carbons (Fsp3) is 0.625. The number of likely N-dealkylation sites (tertiary alicyclic amines) is 1. The van der Waals surface area contributed by atoms with Crippen molar-refractivity contribution in [2.45, 2.75) is 19.4 Å². The molecule has 4 nitrogen and oxygen atoms in total. The zero-order chi connectivity index (χ0) is 14.9. The number of methoxy groups -OCH3 is 2. The van der Waals surface area contributed by atoms with Crippen molar-refractivity contribution >= 4 is 28.3 Å². The van der Waals surface area contributed by atoms with E-state index in [-0.39, 0.29) is 12.4 Å². The molecule has 1 spiro atoms. The molecule has 1 aromatic carbocycles. The standard InChI is InChI=1S/C16H23BrN2O2.ClH/c1-20-14-7-12(13(17)8-15(14)21-2)9-19-6-4-16(11-19)3-5-18-10-16;/h7-8,18H,3-6,9-11H2,1-2H3;1H. The molecule has 3 rings (SSSR count). The molecule has 2 aliphatic heterocycles. The highest BCUT2D eigenvalue weighted by Gasteiger charge is 2.40. The van der Waals surface area contributed by atoms with Gasteiger partial charge in [0.05, 0.1) is 14.2 Å². The highest BCUT2D eigenvalue weighted by molar-refractivity contribution is 9.10. The minimum absolute atomic E-state index is 0. The topological polar surface area (TPSA) is 33.7 Å². The van der Waals surface area contributed by atoms with E-state index in [1.165, 1.54) is 44.6 Å². The zero-order valence-corrected chi connectivity index (χ0v) is 15.6. The summed E-state index contributed by atoms with van der Waals surface area (Å²) in [5.41, 5.74) is 1.78. The average molecular weight is 392 g/mol. The second-order valence-electron chi connectivity index (χ2n) is 6.19. The largest absolute Gasteiger partial charge is 0.493 e. The third-order valence-corrected chi connectivity index (χ3v) is 5.53. The third kappa shape index (κ3) is 3.53. The van der Waals surface area contributed by atoms with Crippen LogP contribution in [0.4, 0.5) is 0 Å². The molecule has 1 unspecified atom stereocenters. The normalized spacial score (nSPS) is 24.5. The van der Waals surface area contributed by atoms with Gasteiger partial charge in [-0.15, -0.1) is 12.4 Å². The molecule has 0 aliphatic carbocycles. The molecule has 1 atom stereocenters. The number of halogens is 2. The predicted octanol–water partition coefficient (Wildman–Crippen LogP) is 3.07. The van der Waals surface area contributed by atoms with E-state index in [0.29, 0.717) is 5.41 Å². The summed E-state index contributed by atoms with van der Waals surface area (Å²) in [5, 5.41) is 3.51. The molecule has 2 heterocycles. The van der Waals surface area contributed by atoms with Crippen LogP contribution in [0.15, 0.2) is 16.6 Å². The van der Waals surface area contributed by atoms with Crippen molar-refractivity contribution in [3.63, 3.8) is 0 Å². The van der Waals surface area contributed by atoms with Crippen LogP contribution in [-0.2, 0) is 6.54 Å². The smallest absolute Gasteiger partial charge is 0.161 e. The van der Waals surface area contributed by atoms with Crippen LogP contribution in [0, 0.1) is 5.41 Å². The number of rotatable bonds is 4. The van der Waals surface area contributed by atoms with Gasteiger partial charge in [-0.25, -0.2) is 0 Å². The molecule has 2 aliphatic rings. The highest BCUT2D eigenvalue weighted by atomic mass is 79.9. The van der Waals surface area contributed by atoms with E-state index in [1.807, 2.05) is 6.07 Å². The monoisotopic (exact) mass is 390 g/mol. The molecule has 2 saturated heterocycles. The van der Waals surface area contributed by atoms with Crippen LogP contribution in [0.2, 0.25) is 0 Å². The van der Waals surface area contributed by atoms with Crippen LogP contribution < -0.4 is 14.8 Å². The van der Waals surface area contributed by atoms with Crippen LogP contribution in [0.3, 0.4) is 0 Å². The van der Waals surface area contributed by atoms with Gasteiger partial charge in [0.1, 0.15) is 0 Å². The predicted molar refractivity (Wildman–Crippen MR) is 94.3 cm³/mol. The fourth-order valence-electron chi connectivity index (χ4n) is 3.56. The summed E-state index contributed by atoms with van der Waals surface area (Å²) in [6.07, 6.45) is 2.63. The summed E-state index contributed by atoms with van der Waals surface area (Å²) in [4.78, 5) is 2.55. The van der Waals surface area contributed by atoms with E-state index in [4.69, 9.17) is 9.47 Å². The second kappa shape index (κ2) is 7.39. The molecule has 1 N–H and O–H groups in total. The first-order chi connectivity index (χ1) is 10.2. The first-order valence-corrected chi connectivity index (χ1v) is 8.28. The molecule has 0 radical (unpaired) electrons. The first kappa shape index (κ1) is 17.9. The van der Waals surface area contributed by atoms with Gasteiger partial charge in [-0.1, -0.05) is 15.9 Å². The van der Waals surface area contributed by atoms with E-state index >= 15 is 0 Å². The second-order valence-corrected chi connectivity index (χ2v) is 7.04. The molecule has 1 aromatic rings. The molecule has 0 bridgehead atoms. The summed E-state index contributed by atoms with van der Waals surface area (Å²) >= 11 is 3.66. The Morgan fingerprint density at radius 1 is 1.23 bits per heavy atom. The van der Waals surface area contributed by atoms with Crippen molar-refractivity contribution in [3.8, 4) is 11.5 Å². The van der Waals surface area contributed by atoms with Gasteiger partial charge in [0.2, 0.25) is 0 Å². The number of nitrogens with one attached hydrogen (secondary N) is 1. The third-order valence-electron chi connectivity index (χ3n) is 4.80. The van der Waals surface area contributed by atoms with Crippen LogP contribution in [0.5, 0.6) is 11.5 Å². The van der Waals surface area contributed by atoms with E-state index in [9.17, 15) is 0 Å². The maximum absolute atomic E-state index is 5.42. The Balaban J connectivity index is 0.00000176. The van der Waals surface area contributed by atoms with Gasteiger partial charge in [-0.05, 0) is 49.0 Å². The maximum atomic E-state index is 5.42. The van der Waals surface area contributed by atoms with Crippen molar-refractivity contribution < 1.29 is 9.47 Å². The zero-order valence-electron chi connectivity index (χ0n) is 13.2. The Kier molecular flexibility index (Phi) is 6.00. The van der Waals surface area contributed by atoms with Gasteiger partial charge >= 0.3 is 0 Å². The van der Waals surface area contributed by atoms with E-state index in [1.54, 1.807) is 14.2 Å². The molecule has 22 heavy (non-hydrogen) atoms. The lowest BCUT2D eigenvalue weighted by Crippen LogP contribution is -2.29. The fourth-order valence-corrected chi connectivity index (χ4v) is 4.01. The van der Waals surface area contributed by atoms with Gasteiger partial charge in [0.25, 0.3) is 0 Å². The quantitative estimate of drug-likeness (QED) is 0.855. The molecule has 0 saturated carbocycles. The van der Waals surface area contributed by atoms with Crippen LogP contribution >= 0.6 is 28.3 Å². The number of ether oxygens (including phenoxy) is 2. The molecule has 2 fully saturated rings. The average Bonchev–Trinajstić information content (AvgIpc) is 3.11. The van der Waals surface area contributed by atoms with Crippen molar-refractivity contribution in [2.24, 2.45) is 5.41 Å². The summed E-state index contributed by atoms with van der Waals surface area (Å²) in [5.74, 6) is 1.57. The Morgan fingerprint density at radius 2 is 1.95 bits per heavy atom. The van der Waals surface area contributed by atoms with Crippen molar-refractivity contribution in [1.29, 1.82) is 0 Å². The van der Waals surface area contributed by atoms with Gasteiger partial charge in [0, 0.05) is 24.1 Å². The van der Waals surface area contributed by atoms with Crippen LogP contribution in [0.1, 0.15) is 18.4 Å². The minimum Gasteiger partial charge on any atom is -0.493 e. The highest BCUT2D eigenvalue weighted by Crippen LogP contribution is 2.38. The van der Waals surface area contributed by atoms with Gasteiger partial charge in [0.15, 0.2) is 11.5 Å². The Labute approximate surface area is 147 Å². The maximum Gasteiger partial charge on any atom is 0.161 e. The summed E-state index contributed by atoms with van der Waals surface area (Å²) in [6.45, 7) is 5.69. The Bertz CT molecular complexity index is 521. The van der Waals surface area contributed by atoms with Crippen molar-refractivity contribution in [1.82, 2.24) is 10.2 Å².